The minimum atomic E-state index is -0.259. The minimum Gasteiger partial charge on any atom is -0.496 e. The van der Waals surface area contributed by atoms with Crippen molar-refractivity contribution in [1.29, 1.82) is 0 Å². The van der Waals surface area contributed by atoms with Crippen LogP contribution >= 0.6 is 11.6 Å². The molecule has 7 heteroatoms. The normalized spacial score (nSPS) is 10.2. The van der Waals surface area contributed by atoms with E-state index in [0.29, 0.717) is 30.4 Å². The van der Waals surface area contributed by atoms with E-state index < -0.39 is 0 Å². The van der Waals surface area contributed by atoms with Crippen molar-refractivity contribution in [3.05, 3.63) is 59.1 Å². The lowest BCUT2D eigenvalue weighted by molar-refractivity contribution is -0.130. The highest BCUT2D eigenvalue weighted by Crippen LogP contribution is 2.19. The van der Waals surface area contributed by atoms with E-state index in [1.54, 1.807) is 36.3 Å². The quantitative estimate of drug-likeness (QED) is 0.714. The van der Waals surface area contributed by atoms with Crippen LogP contribution < -0.4 is 14.8 Å². The second kappa shape index (κ2) is 10.4. The number of benzene rings is 2. The number of nitrogens with one attached hydrogen (secondary N) is 1. The maximum atomic E-state index is 11.9. The topological polar surface area (TPSA) is 67.9 Å². The van der Waals surface area contributed by atoms with Crippen LogP contribution in [0.15, 0.2) is 48.5 Å². The number of halogens is 1. The van der Waals surface area contributed by atoms with Gasteiger partial charge < -0.3 is 19.7 Å². The van der Waals surface area contributed by atoms with E-state index in [2.05, 4.69) is 5.32 Å². The van der Waals surface area contributed by atoms with Gasteiger partial charge >= 0.3 is 0 Å². The number of hydrogen-bond donors (Lipinski definition) is 1. The van der Waals surface area contributed by atoms with Crippen molar-refractivity contribution < 1.29 is 19.1 Å². The van der Waals surface area contributed by atoms with Crippen molar-refractivity contribution in [1.82, 2.24) is 10.2 Å². The summed E-state index contributed by atoms with van der Waals surface area (Å²) in [7, 11) is 1.60. The van der Waals surface area contributed by atoms with Crippen LogP contribution in [0.1, 0.15) is 12.5 Å². The Balaban J connectivity index is 1.79. The van der Waals surface area contributed by atoms with Gasteiger partial charge in [0.05, 0.1) is 7.11 Å². The van der Waals surface area contributed by atoms with Crippen molar-refractivity contribution in [2.45, 2.75) is 13.5 Å². The molecule has 0 unspecified atom stereocenters. The molecule has 0 aliphatic heterocycles. The number of para-hydroxylation sites is 1. The number of methoxy groups -OCH3 is 1. The molecule has 0 aromatic heterocycles. The minimum absolute atomic E-state index is 0.0763. The number of nitrogens with zero attached hydrogens (tertiary/aromatic N) is 1. The van der Waals surface area contributed by atoms with Gasteiger partial charge in [0.2, 0.25) is 5.91 Å². The van der Waals surface area contributed by atoms with Crippen molar-refractivity contribution in [3.63, 3.8) is 0 Å². The summed E-state index contributed by atoms with van der Waals surface area (Å²) in [5.41, 5.74) is 0.910. The monoisotopic (exact) mass is 390 g/mol. The van der Waals surface area contributed by atoms with Gasteiger partial charge in [-0.1, -0.05) is 29.8 Å². The summed E-state index contributed by atoms with van der Waals surface area (Å²) < 4.78 is 10.7. The molecule has 0 bridgehead atoms. The number of carbonyl (C=O) groups excluding carboxylic acids is 2. The first kappa shape index (κ1) is 20.6. The maximum absolute atomic E-state index is 11.9. The van der Waals surface area contributed by atoms with E-state index in [-0.39, 0.29) is 18.4 Å². The van der Waals surface area contributed by atoms with E-state index >= 15 is 0 Å². The molecule has 0 spiro atoms. The molecule has 2 rings (SSSR count). The van der Waals surface area contributed by atoms with Gasteiger partial charge in [0.1, 0.15) is 11.5 Å². The summed E-state index contributed by atoms with van der Waals surface area (Å²) >= 11 is 5.80. The molecule has 2 amide bonds. The van der Waals surface area contributed by atoms with Gasteiger partial charge in [-0.3, -0.25) is 9.59 Å². The van der Waals surface area contributed by atoms with Crippen LogP contribution in [0.25, 0.3) is 0 Å². The summed E-state index contributed by atoms with van der Waals surface area (Å²) in [5.74, 6) is 0.957. The van der Waals surface area contributed by atoms with Gasteiger partial charge in [-0.25, -0.2) is 0 Å². The summed E-state index contributed by atoms with van der Waals surface area (Å²) in [6, 6.07) is 14.3. The highest BCUT2D eigenvalue weighted by Gasteiger charge is 2.13. The van der Waals surface area contributed by atoms with Crippen LogP contribution in [0.3, 0.4) is 0 Å². The molecular formula is C20H23ClN2O4. The van der Waals surface area contributed by atoms with E-state index in [1.807, 2.05) is 24.3 Å². The van der Waals surface area contributed by atoms with Crippen LogP contribution in [-0.4, -0.2) is 43.5 Å². The Bertz CT molecular complexity index is 765. The molecule has 0 aliphatic rings. The van der Waals surface area contributed by atoms with Gasteiger partial charge in [-0.2, -0.15) is 0 Å². The van der Waals surface area contributed by atoms with Gasteiger partial charge in [-0.05, 0) is 30.3 Å². The molecule has 1 N–H and O–H groups in total. The Morgan fingerprint density at radius 2 is 1.81 bits per heavy atom. The Kier molecular flexibility index (Phi) is 7.95. The Labute approximate surface area is 164 Å². The molecule has 0 aliphatic carbocycles. The zero-order valence-corrected chi connectivity index (χ0v) is 16.2. The van der Waals surface area contributed by atoms with Crippen molar-refractivity contribution in [3.8, 4) is 11.5 Å². The van der Waals surface area contributed by atoms with Gasteiger partial charge in [-0.15, -0.1) is 0 Å². The van der Waals surface area contributed by atoms with Crippen LogP contribution in [0.5, 0.6) is 11.5 Å². The first-order chi connectivity index (χ1) is 13.0. The van der Waals surface area contributed by atoms with E-state index in [9.17, 15) is 9.59 Å². The lowest BCUT2D eigenvalue weighted by Gasteiger charge is -2.22. The first-order valence-corrected chi connectivity index (χ1v) is 8.90. The largest absolute Gasteiger partial charge is 0.496 e. The van der Waals surface area contributed by atoms with Crippen molar-refractivity contribution in [2.75, 3.05) is 26.8 Å². The third-order valence-corrected chi connectivity index (χ3v) is 4.14. The first-order valence-electron chi connectivity index (χ1n) is 8.52. The van der Waals surface area contributed by atoms with Gasteiger partial charge in [0, 0.05) is 37.1 Å². The number of carbonyl (C=O) groups is 2. The lowest BCUT2D eigenvalue weighted by Crippen LogP contribution is -2.38. The molecule has 2 aromatic carbocycles. The third kappa shape index (κ3) is 6.83. The molecular weight excluding hydrogens is 368 g/mol. The van der Waals surface area contributed by atoms with Crippen LogP contribution in [0.4, 0.5) is 0 Å². The molecule has 2 aromatic rings. The lowest BCUT2D eigenvalue weighted by atomic mass is 10.2. The van der Waals surface area contributed by atoms with Crippen molar-refractivity contribution in [2.24, 2.45) is 0 Å². The van der Waals surface area contributed by atoms with E-state index in [4.69, 9.17) is 21.1 Å². The molecule has 0 fully saturated rings. The van der Waals surface area contributed by atoms with E-state index in [0.717, 1.165) is 11.3 Å². The maximum Gasteiger partial charge on any atom is 0.258 e. The fourth-order valence-electron chi connectivity index (χ4n) is 2.45. The average molecular weight is 391 g/mol. The zero-order chi connectivity index (χ0) is 19.6. The smallest absolute Gasteiger partial charge is 0.258 e. The number of ether oxygens (including phenoxy) is 2. The standard InChI is InChI=1S/C20H23ClN2O4/c1-15(24)23(13-16-5-3-4-6-19(16)26-2)12-11-22-20(25)14-27-18-9-7-17(21)8-10-18/h3-10H,11-14H2,1-2H3,(H,22,25). The van der Waals surface area contributed by atoms with Gasteiger partial charge in [0.25, 0.3) is 5.91 Å². The van der Waals surface area contributed by atoms with Crippen molar-refractivity contribution >= 4 is 23.4 Å². The Morgan fingerprint density at radius 3 is 2.48 bits per heavy atom. The van der Waals surface area contributed by atoms with E-state index in [1.165, 1.54) is 6.92 Å². The zero-order valence-electron chi connectivity index (χ0n) is 15.4. The van der Waals surface area contributed by atoms with Crippen LogP contribution in [-0.2, 0) is 16.1 Å². The highest BCUT2D eigenvalue weighted by atomic mass is 35.5. The Morgan fingerprint density at radius 1 is 1.11 bits per heavy atom. The third-order valence-electron chi connectivity index (χ3n) is 3.89. The summed E-state index contributed by atoms with van der Waals surface area (Å²) in [6.45, 7) is 2.53. The fraction of sp³-hybridized carbons (Fsp3) is 0.300. The number of amides is 2. The molecule has 0 saturated carbocycles. The average Bonchev–Trinajstić information content (AvgIpc) is 2.67. The molecule has 27 heavy (non-hydrogen) atoms. The van der Waals surface area contributed by atoms with Gasteiger partial charge in [0.15, 0.2) is 6.61 Å². The molecule has 0 saturated heterocycles. The number of hydrogen-bond acceptors (Lipinski definition) is 4. The predicted molar refractivity (Wildman–Crippen MR) is 104 cm³/mol. The molecule has 0 heterocycles. The second-order valence-corrected chi connectivity index (χ2v) is 6.28. The van der Waals surface area contributed by atoms with Crippen LogP contribution in [0, 0.1) is 0 Å². The second-order valence-electron chi connectivity index (χ2n) is 5.84. The number of rotatable bonds is 9. The van der Waals surface area contributed by atoms with Crippen LogP contribution in [0.2, 0.25) is 5.02 Å². The summed E-state index contributed by atoms with van der Waals surface area (Å²) in [6.07, 6.45) is 0. The molecule has 6 nitrogen and oxygen atoms in total. The highest BCUT2D eigenvalue weighted by molar-refractivity contribution is 6.30. The predicted octanol–water partition coefficient (Wildman–Crippen LogP) is 2.89. The fourth-order valence-corrected chi connectivity index (χ4v) is 2.57. The summed E-state index contributed by atoms with van der Waals surface area (Å²) in [4.78, 5) is 25.5. The SMILES string of the molecule is COc1ccccc1CN(CCNC(=O)COc1ccc(Cl)cc1)C(C)=O. The molecule has 0 atom stereocenters. The molecule has 144 valence electrons. The summed E-state index contributed by atoms with van der Waals surface area (Å²) in [5, 5.41) is 3.35. The Hall–Kier alpha value is -2.73. The molecule has 0 radical (unpaired) electrons.